The highest BCUT2D eigenvalue weighted by Gasteiger charge is 2.29. The number of ether oxygens (including phenoxy) is 1. The van der Waals surface area contributed by atoms with Crippen LogP contribution in [0.5, 0.6) is 5.75 Å². The van der Waals surface area contributed by atoms with Crippen LogP contribution in [0.2, 0.25) is 0 Å². The number of methoxy groups -OCH3 is 1. The Kier molecular flexibility index (Phi) is 6.69. The van der Waals surface area contributed by atoms with Gasteiger partial charge in [0.25, 0.3) is 0 Å². The molecule has 0 radical (unpaired) electrons. The molecule has 1 fully saturated rings. The first-order valence-corrected chi connectivity index (χ1v) is 10.1. The molecule has 2 aromatic rings. The van der Waals surface area contributed by atoms with E-state index in [-0.39, 0.29) is 0 Å². The first-order chi connectivity index (χ1) is 13.1. The van der Waals surface area contributed by atoms with Gasteiger partial charge in [-0.25, -0.2) is 0 Å². The zero-order chi connectivity index (χ0) is 19.2. The van der Waals surface area contributed by atoms with Crippen LogP contribution in [0.25, 0.3) is 0 Å². The molecule has 0 saturated carbocycles. The Morgan fingerprint density at radius 2 is 1.85 bits per heavy atom. The number of anilines is 1. The van der Waals surface area contributed by atoms with Gasteiger partial charge in [0.1, 0.15) is 11.8 Å². The summed E-state index contributed by atoms with van der Waals surface area (Å²) in [6, 6.07) is 14.9. The topological polar surface area (TPSA) is 37.7 Å². The van der Waals surface area contributed by atoms with Gasteiger partial charge in [0.15, 0.2) is 5.11 Å². The molecule has 0 aliphatic carbocycles. The zero-order valence-electron chi connectivity index (χ0n) is 16.5. The third-order valence-corrected chi connectivity index (χ3v) is 5.82. The van der Waals surface area contributed by atoms with E-state index in [0.717, 1.165) is 18.0 Å². The Morgan fingerprint density at radius 3 is 2.59 bits per heavy atom. The Labute approximate surface area is 167 Å². The summed E-state index contributed by atoms with van der Waals surface area (Å²) in [5, 5.41) is 7.47. The predicted octanol–water partition coefficient (Wildman–Crippen LogP) is 3.02. The van der Waals surface area contributed by atoms with Crippen LogP contribution in [-0.2, 0) is 0 Å². The van der Waals surface area contributed by atoms with Crippen molar-refractivity contribution in [2.75, 3.05) is 32.1 Å². The number of para-hydroxylation sites is 1. The number of likely N-dealkylation sites (tertiary alicyclic amines) is 1. The molecule has 1 aliphatic heterocycles. The highest BCUT2D eigenvalue weighted by molar-refractivity contribution is 7.80. The molecule has 1 atom stereocenters. The third-order valence-electron chi connectivity index (χ3n) is 5.57. The minimum Gasteiger partial charge on any atom is -0.496 e. The average Bonchev–Trinajstić information content (AvgIpc) is 3.20. The molecule has 0 amide bonds. The SMILES string of the molecule is COc1ccccc1[C@@H](CNC(=S)Nc1cccc(C)c1C)[NH+]1CCCC1. The van der Waals surface area contributed by atoms with Crippen LogP contribution >= 0.6 is 12.2 Å². The standard InChI is InChI=1S/C22H29N3OS/c1-16-9-8-11-19(17(16)2)24-22(27)23-15-20(25-13-6-7-14-25)18-10-4-5-12-21(18)26-3/h4-5,8-12,20H,6-7,13-15H2,1-3H3,(H2,23,24,27)/p+1/t20-/m1/s1. The van der Waals surface area contributed by atoms with Crippen molar-refractivity contribution in [3.8, 4) is 5.75 Å². The van der Waals surface area contributed by atoms with Crippen LogP contribution in [0.4, 0.5) is 5.69 Å². The summed E-state index contributed by atoms with van der Waals surface area (Å²) >= 11 is 5.58. The van der Waals surface area contributed by atoms with E-state index in [4.69, 9.17) is 17.0 Å². The lowest BCUT2D eigenvalue weighted by molar-refractivity contribution is -0.918. The molecule has 1 saturated heterocycles. The van der Waals surface area contributed by atoms with Crippen molar-refractivity contribution in [3.05, 3.63) is 59.2 Å². The second-order valence-corrected chi connectivity index (χ2v) is 7.65. The van der Waals surface area contributed by atoms with Crippen LogP contribution in [-0.4, -0.2) is 31.9 Å². The maximum absolute atomic E-state index is 5.63. The molecule has 1 aliphatic rings. The molecule has 3 rings (SSSR count). The Balaban J connectivity index is 1.71. The van der Waals surface area contributed by atoms with Gasteiger partial charge in [0, 0.05) is 18.5 Å². The van der Waals surface area contributed by atoms with E-state index in [2.05, 4.69) is 54.8 Å². The molecule has 0 bridgehead atoms. The van der Waals surface area contributed by atoms with Gasteiger partial charge < -0.3 is 20.3 Å². The highest BCUT2D eigenvalue weighted by atomic mass is 32.1. The quantitative estimate of drug-likeness (QED) is 0.670. The minimum atomic E-state index is 0.321. The molecule has 0 aromatic heterocycles. The number of aryl methyl sites for hydroxylation is 1. The number of rotatable bonds is 6. The maximum atomic E-state index is 5.63. The smallest absolute Gasteiger partial charge is 0.171 e. The van der Waals surface area contributed by atoms with Gasteiger partial charge in [0.05, 0.1) is 32.3 Å². The maximum Gasteiger partial charge on any atom is 0.171 e. The third kappa shape index (κ3) is 4.79. The number of benzene rings is 2. The van der Waals surface area contributed by atoms with Crippen molar-refractivity contribution in [2.24, 2.45) is 0 Å². The molecule has 4 nitrogen and oxygen atoms in total. The number of quaternary nitrogens is 1. The van der Waals surface area contributed by atoms with Crippen molar-refractivity contribution in [1.29, 1.82) is 0 Å². The molecule has 27 heavy (non-hydrogen) atoms. The molecule has 3 N–H and O–H groups in total. The fourth-order valence-corrected chi connectivity index (χ4v) is 4.05. The van der Waals surface area contributed by atoms with E-state index in [9.17, 15) is 0 Å². The summed E-state index contributed by atoms with van der Waals surface area (Å²) in [5.41, 5.74) is 4.80. The van der Waals surface area contributed by atoms with Crippen LogP contribution in [0.3, 0.4) is 0 Å². The fraction of sp³-hybridized carbons (Fsp3) is 0.409. The average molecular weight is 385 g/mol. The molecule has 2 aromatic carbocycles. The Bertz CT molecular complexity index is 787. The number of nitrogens with one attached hydrogen (secondary N) is 3. The van der Waals surface area contributed by atoms with Crippen molar-refractivity contribution in [1.82, 2.24) is 5.32 Å². The van der Waals surface area contributed by atoms with Crippen molar-refractivity contribution in [2.45, 2.75) is 32.7 Å². The van der Waals surface area contributed by atoms with Gasteiger partial charge in [-0.1, -0.05) is 24.3 Å². The molecule has 0 spiro atoms. The summed E-state index contributed by atoms with van der Waals surface area (Å²) in [6.45, 7) is 7.41. The number of thiocarbonyl (C=S) groups is 1. The van der Waals surface area contributed by atoms with Gasteiger partial charge in [-0.2, -0.15) is 0 Å². The van der Waals surface area contributed by atoms with E-state index >= 15 is 0 Å². The number of hydrogen-bond acceptors (Lipinski definition) is 2. The Morgan fingerprint density at radius 1 is 1.11 bits per heavy atom. The van der Waals surface area contributed by atoms with E-state index in [0.29, 0.717) is 11.2 Å². The molecule has 5 heteroatoms. The molecule has 144 valence electrons. The highest BCUT2D eigenvalue weighted by Crippen LogP contribution is 2.23. The summed E-state index contributed by atoms with van der Waals surface area (Å²) in [7, 11) is 1.75. The van der Waals surface area contributed by atoms with Crippen LogP contribution in [0, 0.1) is 13.8 Å². The summed E-state index contributed by atoms with van der Waals surface area (Å²) in [6.07, 6.45) is 2.57. The van der Waals surface area contributed by atoms with Gasteiger partial charge in [-0.15, -0.1) is 0 Å². The normalized spacial score (nSPS) is 15.4. The van der Waals surface area contributed by atoms with Crippen LogP contribution in [0.1, 0.15) is 35.6 Å². The number of hydrogen-bond donors (Lipinski definition) is 3. The lowest BCUT2D eigenvalue weighted by atomic mass is 10.0. The largest absolute Gasteiger partial charge is 0.496 e. The second kappa shape index (κ2) is 9.20. The fourth-order valence-electron chi connectivity index (χ4n) is 3.85. The molecular weight excluding hydrogens is 354 g/mol. The summed E-state index contributed by atoms with van der Waals surface area (Å²) in [5.74, 6) is 0.956. The van der Waals surface area contributed by atoms with Crippen molar-refractivity contribution < 1.29 is 9.64 Å². The van der Waals surface area contributed by atoms with Gasteiger partial charge in [-0.05, 0) is 55.4 Å². The first kappa shape index (κ1) is 19.6. The van der Waals surface area contributed by atoms with Gasteiger partial charge in [-0.3, -0.25) is 0 Å². The molecular formula is C22H30N3OS+. The summed E-state index contributed by atoms with van der Waals surface area (Å²) in [4.78, 5) is 1.60. The zero-order valence-corrected chi connectivity index (χ0v) is 17.3. The lowest BCUT2D eigenvalue weighted by Crippen LogP contribution is -3.11. The van der Waals surface area contributed by atoms with Crippen molar-refractivity contribution in [3.63, 3.8) is 0 Å². The van der Waals surface area contributed by atoms with E-state index in [1.807, 2.05) is 12.1 Å². The van der Waals surface area contributed by atoms with E-state index < -0.39 is 0 Å². The first-order valence-electron chi connectivity index (χ1n) is 9.68. The second-order valence-electron chi connectivity index (χ2n) is 7.24. The predicted molar refractivity (Wildman–Crippen MR) is 116 cm³/mol. The molecule has 1 heterocycles. The van der Waals surface area contributed by atoms with Crippen molar-refractivity contribution >= 4 is 23.0 Å². The Hall–Kier alpha value is -2.11. The lowest BCUT2D eigenvalue weighted by Gasteiger charge is -2.27. The van der Waals surface area contributed by atoms with Gasteiger partial charge in [0.2, 0.25) is 0 Å². The molecule has 0 unspecified atom stereocenters. The monoisotopic (exact) mass is 384 g/mol. The van der Waals surface area contributed by atoms with E-state index in [1.165, 1.54) is 42.6 Å². The van der Waals surface area contributed by atoms with Crippen LogP contribution < -0.4 is 20.3 Å². The van der Waals surface area contributed by atoms with E-state index in [1.54, 1.807) is 12.0 Å². The van der Waals surface area contributed by atoms with Gasteiger partial charge >= 0.3 is 0 Å². The summed E-state index contributed by atoms with van der Waals surface area (Å²) < 4.78 is 5.63. The minimum absolute atomic E-state index is 0.321. The van der Waals surface area contributed by atoms with Crippen LogP contribution in [0.15, 0.2) is 42.5 Å².